The van der Waals surface area contributed by atoms with Crippen LogP contribution in [0.15, 0.2) is 35.7 Å². The van der Waals surface area contributed by atoms with Crippen LogP contribution in [0.25, 0.3) is 0 Å². The molecule has 2 aromatic rings. The highest BCUT2D eigenvalue weighted by Gasteiger charge is 2.47. The molecule has 1 aromatic carbocycles. The first-order valence-electron chi connectivity index (χ1n) is 10.6. The second-order valence-corrected chi connectivity index (χ2v) is 8.91. The van der Waals surface area contributed by atoms with Crippen molar-refractivity contribution in [3.8, 4) is 0 Å². The minimum atomic E-state index is -0.392. The predicted molar refractivity (Wildman–Crippen MR) is 113 cm³/mol. The van der Waals surface area contributed by atoms with Gasteiger partial charge in [-0.25, -0.2) is 9.78 Å². The number of aromatic nitrogens is 1. The molecule has 0 spiro atoms. The fourth-order valence-corrected chi connectivity index (χ4v) is 5.12. The van der Waals surface area contributed by atoms with Gasteiger partial charge in [0.15, 0.2) is 5.69 Å². The second kappa shape index (κ2) is 9.08. The largest absolute Gasteiger partial charge is 0.461 e. The molecule has 2 atom stereocenters. The first-order chi connectivity index (χ1) is 14.2. The number of rotatable bonds is 7. The van der Waals surface area contributed by atoms with Crippen LogP contribution in [-0.2, 0) is 16.1 Å². The van der Waals surface area contributed by atoms with Gasteiger partial charge in [0, 0.05) is 17.3 Å². The Morgan fingerprint density at radius 2 is 1.93 bits per heavy atom. The van der Waals surface area contributed by atoms with E-state index in [0.717, 1.165) is 24.3 Å². The van der Waals surface area contributed by atoms with Crippen molar-refractivity contribution in [2.45, 2.75) is 64.0 Å². The molecule has 0 radical (unpaired) electrons. The van der Waals surface area contributed by atoms with Crippen LogP contribution in [0.2, 0.25) is 0 Å². The number of amides is 1. The van der Waals surface area contributed by atoms with Crippen molar-refractivity contribution in [2.24, 2.45) is 5.92 Å². The lowest BCUT2D eigenvalue weighted by molar-refractivity contribution is -0.136. The zero-order valence-electron chi connectivity index (χ0n) is 16.9. The number of hydrogen-bond acceptors (Lipinski definition) is 5. The molecule has 2 fully saturated rings. The van der Waals surface area contributed by atoms with Crippen LogP contribution in [0.4, 0.5) is 0 Å². The molecule has 2 aliphatic rings. The van der Waals surface area contributed by atoms with Gasteiger partial charge in [-0.1, -0.05) is 49.6 Å². The lowest BCUT2D eigenvalue weighted by Crippen LogP contribution is -2.42. The number of hydrogen-bond donors (Lipinski definition) is 0. The Morgan fingerprint density at radius 3 is 2.66 bits per heavy atom. The summed E-state index contributed by atoms with van der Waals surface area (Å²) < 4.78 is 5.05. The minimum Gasteiger partial charge on any atom is -0.461 e. The molecule has 1 aromatic heterocycles. The molecular formula is C23H28N2O3S. The Kier molecular flexibility index (Phi) is 6.28. The van der Waals surface area contributed by atoms with E-state index in [1.54, 1.807) is 12.3 Å². The molecule has 0 unspecified atom stereocenters. The first kappa shape index (κ1) is 20.1. The highest BCUT2D eigenvalue weighted by Crippen LogP contribution is 2.49. The van der Waals surface area contributed by atoms with Crippen LogP contribution in [0.3, 0.4) is 0 Å². The molecule has 2 saturated carbocycles. The molecule has 0 aliphatic heterocycles. The Bertz CT molecular complexity index is 845. The third-order valence-electron chi connectivity index (χ3n) is 5.98. The monoisotopic (exact) mass is 412 g/mol. The van der Waals surface area contributed by atoms with E-state index in [1.165, 1.54) is 36.2 Å². The molecule has 5 nitrogen and oxygen atoms in total. The van der Waals surface area contributed by atoms with Gasteiger partial charge >= 0.3 is 5.97 Å². The highest BCUT2D eigenvalue weighted by molar-refractivity contribution is 7.09. The summed E-state index contributed by atoms with van der Waals surface area (Å²) >= 11 is 1.44. The van der Waals surface area contributed by atoms with Gasteiger partial charge in [-0.15, -0.1) is 11.3 Å². The Labute approximate surface area is 176 Å². The van der Waals surface area contributed by atoms with Crippen LogP contribution < -0.4 is 0 Å². The van der Waals surface area contributed by atoms with E-state index in [0.29, 0.717) is 24.8 Å². The Hall–Kier alpha value is -2.21. The smallest absolute Gasteiger partial charge is 0.357 e. The number of benzene rings is 1. The van der Waals surface area contributed by atoms with Crippen molar-refractivity contribution in [3.05, 3.63) is 52.0 Å². The number of carbonyl (C=O) groups is 2. The number of ether oxygens (including phenoxy) is 1. The molecule has 6 heteroatoms. The summed E-state index contributed by atoms with van der Waals surface area (Å²) in [6, 6.07) is 10.6. The van der Waals surface area contributed by atoms with Crippen molar-refractivity contribution < 1.29 is 14.3 Å². The fourth-order valence-electron chi connectivity index (χ4n) is 4.36. The Morgan fingerprint density at radius 1 is 1.17 bits per heavy atom. The molecule has 0 bridgehead atoms. The molecule has 29 heavy (non-hydrogen) atoms. The molecule has 4 rings (SSSR count). The van der Waals surface area contributed by atoms with Crippen LogP contribution in [0.5, 0.6) is 0 Å². The number of esters is 1. The van der Waals surface area contributed by atoms with Gasteiger partial charge < -0.3 is 9.64 Å². The third-order valence-corrected chi connectivity index (χ3v) is 6.81. The van der Waals surface area contributed by atoms with Crippen molar-refractivity contribution >= 4 is 23.2 Å². The van der Waals surface area contributed by atoms with Gasteiger partial charge in [0.1, 0.15) is 5.01 Å². The van der Waals surface area contributed by atoms with Gasteiger partial charge in [-0.3, -0.25) is 4.79 Å². The maximum Gasteiger partial charge on any atom is 0.357 e. The van der Waals surface area contributed by atoms with Gasteiger partial charge in [-0.05, 0) is 37.7 Å². The van der Waals surface area contributed by atoms with E-state index < -0.39 is 5.97 Å². The SMILES string of the molecule is CCOC(=O)c1csc(CN(C(=O)[C@H]2C[C@H]2c2ccccc2)C2CCCCC2)n1. The van der Waals surface area contributed by atoms with E-state index in [-0.39, 0.29) is 17.9 Å². The van der Waals surface area contributed by atoms with Crippen molar-refractivity contribution in [1.82, 2.24) is 9.88 Å². The van der Waals surface area contributed by atoms with Crippen molar-refractivity contribution in [1.29, 1.82) is 0 Å². The summed E-state index contributed by atoms with van der Waals surface area (Å²) in [5.41, 5.74) is 1.60. The molecule has 1 amide bonds. The standard InChI is InChI=1S/C23H28N2O3S/c1-2-28-23(27)20-15-29-21(24-20)14-25(17-11-7-4-8-12-17)22(26)19-13-18(19)16-9-5-3-6-10-16/h3,5-6,9-10,15,17-19H,2,4,7-8,11-14H2,1H3/t18-,19-/m0/s1. The summed E-state index contributed by atoms with van der Waals surface area (Å²) in [7, 11) is 0. The number of nitrogens with zero attached hydrogens (tertiary/aromatic N) is 2. The first-order valence-corrected chi connectivity index (χ1v) is 11.5. The molecule has 2 aliphatic carbocycles. The van der Waals surface area contributed by atoms with E-state index in [1.807, 2.05) is 18.2 Å². The highest BCUT2D eigenvalue weighted by atomic mass is 32.1. The van der Waals surface area contributed by atoms with E-state index >= 15 is 0 Å². The summed E-state index contributed by atoms with van der Waals surface area (Å²) in [6.07, 6.45) is 6.65. The third kappa shape index (κ3) is 4.69. The van der Waals surface area contributed by atoms with Crippen molar-refractivity contribution in [2.75, 3.05) is 6.61 Å². The summed E-state index contributed by atoms with van der Waals surface area (Å²) in [4.78, 5) is 31.9. The van der Waals surface area contributed by atoms with E-state index in [4.69, 9.17) is 4.74 Å². The van der Waals surface area contributed by atoms with Gasteiger partial charge in [-0.2, -0.15) is 0 Å². The van der Waals surface area contributed by atoms with Crippen molar-refractivity contribution in [3.63, 3.8) is 0 Å². The number of thiazole rings is 1. The van der Waals surface area contributed by atoms with E-state index in [2.05, 4.69) is 22.0 Å². The normalized spacial score (nSPS) is 21.6. The maximum atomic E-state index is 13.4. The topological polar surface area (TPSA) is 59.5 Å². The van der Waals surface area contributed by atoms with Crippen LogP contribution >= 0.6 is 11.3 Å². The lowest BCUT2D eigenvalue weighted by Gasteiger charge is -2.34. The lowest BCUT2D eigenvalue weighted by atomic mass is 9.93. The second-order valence-electron chi connectivity index (χ2n) is 7.96. The van der Waals surface area contributed by atoms with Crippen LogP contribution in [-0.4, -0.2) is 34.4 Å². The van der Waals surface area contributed by atoms with Gasteiger partial charge in [0.05, 0.1) is 13.2 Å². The van der Waals surface area contributed by atoms with E-state index in [9.17, 15) is 9.59 Å². The summed E-state index contributed by atoms with van der Waals surface area (Å²) in [6.45, 7) is 2.61. The average Bonchev–Trinajstić information content (AvgIpc) is 3.43. The average molecular weight is 413 g/mol. The maximum absolute atomic E-state index is 13.4. The Balaban J connectivity index is 1.48. The summed E-state index contributed by atoms with van der Waals surface area (Å²) in [5.74, 6) is 0.264. The summed E-state index contributed by atoms with van der Waals surface area (Å²) in [5, 5.41) is 2.55. The van der Waals surface area contributed by atoms with Crippen LogP contribution in [0, 0.1) is 5.92 Å². The fraction of sp³-hybridized carbons (Fsp3) is 0.522. The van der Waals surface area contributed by atoms with Gasteiger partial charge in [0.2, 0.25) is 5.91 Å². The zero-order chi connectivity index (χ0) is 20.2. The molecule has 154 valence electrons. The number of carbonyl (C=O) groups excluding carboxylic acids is 2. The molecule has 0 saturated heterocycles. The van der Waals surface area contributed by atoms with Crippen LogP contribution in [0.1, 0.15) is 72.4 Å². The van der Waals surface area contributed by atoms with Gasteiger partial charge in [0.25, 0.3) is 0 Å². The predicted octanol–water partition coefficient (Wildman–Crippen LogP) is 4.78. The quantitative estimate of drug-likeness (QED) is 0.614. The zero-order valence-corrected chi connectivity index (χ0v) is 17.7. The molecule has 1 heterocycles. The minimum absolute atomic E-state index is 0.0730. The molecular weight excluding hydrogens is 384 g/mol. The molecule has 0 N–H and O–H groups in total.